The van der Waals surface area contributed by atoms with Crippen molar-refractivity contribution >= 4 is 5.69 Å². The predicted molar refractivity (Wildman–Crippen MR) is 57.8 cm³/mol. The highest BCUT2D eigenvalue weighted by molar-refractivity contribution is 5.40. The standard InChI is InChI=1S/C11H17N3O/c1-2-11(15-5-1)8-14-7-10(6-12-14)13-9-3-4-9/h6-7,9,11,13H,1-5,8H2. The second-order valence-corrected chi connectivity index (χ2v) is 4.50. The van der Waals surface area contributed by atoms with Gasteiger partial charge in [0.05, 0.1) is 24.5 Å². The quantitative estimate of drug-likeness (QED) is 0.815. The Bertz CT molecular complexity index is 326. The molecule has 1 aliphatic heterocycles. The van der Waals surface area contributed by atoms with Gasteiger partial charge in [0.1, 0.15) is 0 Å². The van der Waals surface area contributed by atoms with Crippen LogP contribution in [0, 0.1) is 0 Å². The molecule has 1 saturated heterocycles. The van der Waals surface area contributed by atoms with Crippen molar-refractivity contribution in [3.05, 3.63) is 12.4 Å². The van der Waals surface area contributed by atoms with Gasteiger partial charge in [-0.25, -0.2) is 0 Å². The van der Waals surface area contributed by atoms with Crippen LogP contribution in [0.3, 0.4) is 0 Å². The van der Waals surface area contributed by atoms with Crippen molar-refractivity contribution in [2.24, 2.45) is 0 Å². The Hall–Kier alpha value is -1.03. The number of nitrogens with zero attached hydrogens (tertiary/aromatic N) is 2. The minimum absolute atomic E-state index is 0.374. The summed E-state index contributed by atoms with van der Waals surface area (Å²) in [4.78, 5) is 0. The molecule has 1 saturated carbocycles. The van der Waals surface area contributed by atoms with E-state index in [4.69, 9.17) is 4.74 Å². The number of ether oxygens (including phenoxy) is 1. The van der Waals surface area contributed by atoms with Gasteiger partial charge in [-0.15, -0.1) is 0 Å². The molecular formula is C11H17N3O. The van der Waals surface area contributed by atoms with Gasteiger partial charge in [-0.2, -0.15) is 5.10 Å². The summed E-state index contributed by atoms with van der Waals surface area (Å²) in [5, 5.41) is 7.77. The highest BCUT2D eigenvalue weighted by Crippen LogP contribution is 2.24. The zero-order valence-electron chi connectivity index (χ0n) is 8.85. The van der Waals surface area contributed by atoms with E-state index in [-0.39, 0.29) is 0 Å². The Labute approximate surface area is 89.6 Å². The third-order valence-corrected chi connectivity index (χ3v) is 3.00. The molecule has 0 spiro atoms. The Balaban J connectivity index is 1.57. The zero-order chi connectivity index (χ0) is 10.1. The zero-order valence-corrected chi connectivity index (χ0v) is 8.85. The number of hydrogen-bond donors (Lipinski definition) is 1. The van der Waals surface area contributed by atoms with Gasteiger partial charge in [0.25, 0.3) is 0 Å². The summed E-state index contributed by atoms with van der Waals surface area (Å²) in [5.41, 5.74) is 1.15. The van der Waals surface area contributed by atoms with E-state index in [2.05, 4.69) is 16.6 Å². The Kier molecular flexibility index (Phi) is 2.37. The van der Waals surface area contributed by atoms with Gasteiger partial charge in [0.2, 0.25) is 0 Å². The monoisotopic (exact) mass is 207 g/mol. The van der Waals surface area contributed by atoms with E-state index in [1.165, 1.54) is 25.7 Å². The number of aromatic nitrogens is 2. The van der Waals surface area contributed by atoms with Crippen molar-refractivity contribution in [2.45, 2.75) is 44.4 Å². The van der Waals surface area contributed by atoms with Crippen LogP contribution in [-0.2, 0) is 11.3 Å². The average Bonchev–Trinajstić information content (AvgIpc) is 2.74. The Morgan fingerprint density at radius 2 is 2.40 bits per heavy atom. The molecular weight excluding hydrogens is 190 g/mol. The van der Waals surface area contributed by atoms with Crippen molar-refractivity contribution in [3.8, 4) is 0 Å². The first kappa shape index (κ1) is 9.21. The molecule has 1 aromatic heterocycles. The number of rotatable bonds is 4. The fraction of sp³-hybridized carbons (Fsp3) is 0.727. The van der Waals surface area contributed by atoms with E-state index in [0.29, 0.717) is 12.1 Å². The molecule has 1 aliphatic carbocycles. The van der Waals surface area contributed by atoms with Gasteiger partial charge in [0.15, 0.2) is 0 Å². The van der Waals surface area contributed by atoms with E-state index in [1.54, 1.807) is 0 Å². The largest absolute Gasteiger partial charge is 0.380 e. The van der Waals surface area contributed by atoms with Gasteiger partial charge in [0, 0.05) is 18.8 Å². The molecule has 1 aromatic rings. The molecule has 3 rings (SSSR count). The number of hydrogen-bond acceptors (Lipinski definition) is 3. The molecule has 15 heavy (non-hydrogen) atoms. The normalized spacial score (nSPS) is 25.7. The van der Waals surface area contributed by atoms with Gasteiger partial charge in [-0.1, -0.05) is 0 Å². The third-order valence-electron chi connectivity index (χ3n) is 3.00. The summed E-state index contributed by atoms with van der Waals surface area (Å²) in [6.45, 7) is 1.81. The number of nitrogens with one attached hydrogen (secondary N) is 1. The van der Waals surface area contributed by atoms with Crippen LogP contribution in [-0.4, -0.2) is 28.5 Å². The molecule has 0 bridgehead atoms. The minimum Gasteiger partial charge on any atom is -0.380 e. The van der Waals surface area contributed by atoms with Crippen LogP contribution in [0.5, 0.6) is 0 Å². The van der Waals surface area contributed by atoms with Crippen molar-refractivity contribution in [1.29, 1.82) is 0 Å². The summed E-state index contributed by atoms with van der Waals surface area (Å²) < 4.78 is 7.57. The maximum Gasteiger partial charge on any atom is 0.0771 e. The molecule has 1 N–H and O–H groups in total. The topological polar surface area (TPSA) is 39.1 Å². The molecule has 2 fully saturated rings. The van der Waals surface area contributed by atoms with E-state index < -0.39 is 0 Å². The van der Waals surface area contributed by atoms with Gasteiger partial charge in [-0.3, -0.25) is 4.68 Å². The second kappa shape index (κ2) is 3.85. The molecule has 2 heterocycles. The second-order valence-electron chi connectivity index (χ2n) is 4.50. The van der Waals surface area contributed by atoms with Gasteiger partial charge < -0.3 is 10.1 Å². The lowest BCUT2D eigenvalue weighted by Gasteiger charge is -2.08. The smallest absolute Gasteiger partial charge is 0.0771 e. The van der Waals surface area contributed by atoms with Gasteiger partial charge in [-0.05, 0) is 25.7 Å². The molecule has 0 radical (unpaired) electrons. The van der Waals surface area contributed by atoms with Crippen LogP contribution >= 0.6 is 0 Å². The summed E-state index contributed by atoms with van der Waals surface area (Å²) >= 11 is 0. The first-order valence-electron chi connectivity index (χ1n) is 5.81. The first-order chi connectivity index (χ1) is 7.40. The lowest BCUT2D eigenvalue weighted by Crippen LogP contribution is -2.15. The molecule has 0 aromatic carbocycles. The minimum atomic E-state index is 0.374. The molecule has 1 unspecified atom stereocenters. The lowest BCUT2D eigenvalue weighted by molar-refractivity contribution is 0.0940. The predicted octanol–water partition coefficient (Wildman–Crippen LogP) is 1.64. The van der Waals surface area contributed by atoms with E-state index in [1.807, 2.05) is 10.9 Å². The molecule has 4 nitrogen and oxygen atoms in total. The lowest BCUT2D eigenvalue weighted by atomic mass is 10.2. The van der Waals surface area contributed by atoms with Gasteiger partial charge >= 0.3 is 0 Å². The van der Waals surface area contributed by atoms with Crippen molar-refractivity contribution in [2.75, 3.05) is 11.9 Å². The third kappa shape index (κ3) is 2.31. The van der Waals surface area contributed by atoms with Crippen molar-refractivity contribution in [3.63, 3.8) is 0 Å². The molecule has 2 aliphatic rings. The summed E-state index contributed by atoms with van der Waals surface area (Å²) in [6.07, 6.45) is 9.34. The van der Waals surface area contributed by atoms with E-state index >= 15 is 0 Å². The molecule has 1 atom stereocenters. The van der Waals surface area contributed by atoms with Crippen LogP contribution < -0.4 is 5.32 Å². The van der Waals surface area contributed by atoms with Crippen LogP contribution in [0.1, 0.15) is 25.7 Å². The Morgan fingerprint density at radius 1 is 1.47 bits per heavy atom. The molecule has 82 valence electrons. The highest BCUT2D eigenvalue weighted by atomic mass is 16.5. The Morgan fingerprint density at radius 3 is 3.13 bits per heavy atom. The summed E-state index contributed by atoms with van der Waals surface area (Å²) in [5.74, 6) is 0. The summed E-state index contributed by atoms with van der Waals surface area (Å²) in [6, 6.07) is 0.699. The fourth-order valence-electron chi connectivity index (χ4n) is 2.00. The number of anilines is 1. The molecule has 4 heteroatoms. The molecule has 0 amide bonds. The van der Waals surface area contributed by atoms with E-state index in [9.17, 15) is 0 Å². The SMILES string of the molecule is c1nn(CC2CCCO2)cc1NC1CC1. The van der Waals surface area contributed by atoms with E-state index in [0.717, 1.165) is 18.8 Å². The van der Waals surface area contributed by atoms with Crippen molar-refractivity contribution < 1.29 is 4.74 Å². The van der Waals surface area contributed by atoms with Crippen LogP contribution in [0.2, 0.25) is 0 Å². The highest BCUT2D eigenvalue weighted by Gasteiger charge is 2.21. The maximum absolute atomic E-state index is 5.58. The summed E-state index contributed by atoms with van der Waals surface area (Å²) in [7, 11) is 0. The average molecular weight is 207 g/mol. The van der Waals surface area contributed by atoms with Crippen LogP contribution in [0.4, 0.5) is 5.69 Å². The van der Waals surface area contributed by atoms with Crippen molar-refractivity contribution in [1.82, 2.24) is 9.78 Å². The first-order valence-corrected chi connectivity index (χ1v) is 5.81. The fourth-order valence-corrected chi connectivity index (χ4v) is 2.00. The van der Waals surface area contributed by atoms with Crippen LogP contribution in [0.25, 0.3) is 0 Å². The maximum atomic E-state index is 5.58. The van der Waals surface area contributed by atoms with Crippen LogP contribution in [0.15, 0.2) is 12.4 Å².